The number of rotatable bonds is 5. The van der Waals surface area contributed by atoms with E-state index in [1.54, 1.807) is 0 Å². The van der Waals surface area contributed by atoms with E-state index in [4.69, 9.17) is 17.0 Å². The Balaban J connectivity index is 1.30. The first kappa shape index (κ1) is 17.1. The van der Waals surface area contributed by atoms with Gasteiger partial charge in [-0.1, -0.05) is 6.42 Å². The standard InChI is InChI=1S/C20H29N3OS/c1-2-24-19-10-6-14(7-11-19)21-20(25)22-15-12-17-4-3-5-18(13-15)23(17)16-8-9-16/h6-7,10-11,15-18H,2-5,8-9,12-13H2,1H3,(H2,21,22,25)/t17-,18-/m0/s1. The average Bonchev–Trinajstić information content (AvgIpc) is 3.41. The molecule has 1 aromatic rings. The van der Waals surface area contributed by atoms with Crippen molar-refractivity contribution in [2.45, 2.75) is 76.0 Å². The first-order valence-electron chi connectivity index (χ1n) is 9.80. The number of hydrogen-bond donors (Lipinski definition) is 2. The number of piperidine rings is 2. The van der Waals surface area contributed by atoms with Crippen molar-refractivity contribution in [3.05, 3.63) is 24.3 Å². The first-order chi connectivity index (χ1) is 12.2. The highest BCUT2D eigenvalue weighted by Crippen LogP contribution is 2.41. The van der Waals surface area contributed by atoms with E-state index in [1.807, 2.05) is 31.2 Å². The lowest BCUT2D eigenvalue weighted by molar-refractivity contribution is 0.0209. The third-order valence-corrected chi connectivity index (χ3v) is 5.98. The van der Waals surface area contributed by atoms with Crippen molar-refractivity contribution in [2.75, 3.05) is 11.9 Å². The maximum absolute atomic E-state index is 5.56. The summed E-state index contributed by atoms with van der Waals surface area (Å²) in [4.78, 5) is 2.85. The monoisotopic (exact) mass is 359 g/mol. The molecule has 2 heterocycles. The molecule has 0 unspecified atom stereocenters. The Morgan fingerprint density at radius 2 is 1.76 bits per heavy atom. The van der Waals surface area contributed by atoms with Gasteiger partial charge in [0.1, 0.15) is 5.75 Å². The van der Waals surface area contributed by atoms with E-state index in [0.717, 1.165) is 34.7 Å². The Morgan fingerprint density at radius 1 is 1.08 bits per heavy atom. The molecule has 5 heteroatoms. The smallest absolute Gasteiger partial charge is 0.170 e. The van der Waals surface area contributed by atoms with Gasteiger partial charge in [0.2, 0.25) is 0 Å². The molecule has 2 saturated heterocycles. The second-order valence-electron chi connectivity index (χ2n) is 7.64. The van der Waals surface area contributed by atoms with Gasteiger partial charge >= 0.3 is 0 Å². The lowest BCUT2D eigenvalue weighted by Crippen LogP contribution is -2.57. The van der Waals surface area contributed by atoms with Crippen LogP contribution in [-0.2, 0) is 0 Å². The van der Waals surface area contributed by atoms with Gasteiger partial charge in [-0.15, -0.1) is 0 Å². The Kier molecular flexibility index (Phi) is 5.13. The zero-order chi connectivity index (χ0) is 17.2. The number of nitrogens with zero attached hydrogens (tertiary/aromatic N) is 1. The molecule has 136 valence electrons. The normalized spacial score (nSPS) is 29.1. The number of thiocarbonyl (C=S) groups is 1. The largest absolute Gasteiger partial charge is 0.494 e. The Labute approximate surface area is 156 Å². The molecule has 4 rings (SSSR count). The summed E-state index contributed by atoms with van der Waals surface area (Å²) in [5, 5.41) is 7.64. The quantitative estimate of drug-likeness (QED) is 0.780. The summed E-state index contributed by atoms with van der Waals surface area (Å²) in [7, 11) is 0. The van der Waals surface area contributed by atoms with E-state index < -0.39 is 0 Å². The predicted octanol–water partition coefficient (Wildman–Crippen LogP) is 3.92. The minimum absolute atomic E-state index is 0.507. The lowest BCUT2D eigenvalue weighted by atomic mass is 9.81. The van der Waals surface area contributed by atoms with Crippen molar-refractivity contribution < 1.29 is 4.74 Å². The number of ether oxygens (including phenoxy) is 1. The highest BCUT2D eigenvalue weighted by Gasteiger charge is 2.44. The fourth-order valence-electron chi connectivity index (χ4n) is 4.66. The molecule has 3 aliphatic rings. The third kappa shape index (κ3) is 4.09. The van der Waals surface area contributed by atoms with Gasteiger partial charge in [0, 0.05) is 29.9 Å². The summed E-state index contributed by atoms with van der Waals surface area (Å²) < 4.78 is 5.48. The molecule has 2 atom stereocenters. The maximum Gasteiger partial charge on any atom is 0.170 e. The maximum atomic E-state index is 5.56. The van der Waals surface area contributed by atoms with Crippen molar-refractivity contribution in [2.24, 2.45) is 0 Å². The van der Waals surface area contributed by atoms with Gasteiger partial charge in [-0.05, 0) is 81.9 Å². The van der Waals surface area contributed by atoms with Gasteiger partial charge in [-0.3, -0.25) is 4.90 Å². The second kappa shape index (κ2) is 7.50. The summed E-state index contributed by atoms with van der Waals surface area (Å²) in [5.74, 6) is 0.896. The highest BCUT2D eigenvalue weighted by molar-refractivity contribution is 7.80. The van der Waals surface area contributed by atoms with E-state index in [1.165, 1.54) is 44.9 Å². The van der Waals surface area contributed by atoms with Crippen molar-refractivity contribution in [3.8, 4) is 5.75 Å². The predicted molar refractivity (Wildman–Crippen MR) is 106 cm³/mol. The van der Waals surface area contributed by atoms with Crippen LogP contribution in [0.2, 0.25) is 0 Å². The Hall–Kier alpha value is -1.33. The number of benzene rings is 1. The van der Waals surface area contributed by atoms with Gasteiger partial charge in [-0.25, -0.2) is 0 Å². The summed E-state index contributed by atoms with van der Waals surface area (Å²) >= 11 is 5.56. The van der Waals surface area contributed by atoms with Crippen LogP contribution in [0, 0.1) is 0 Å². The number of anilines is 1. The van der Waals surface area contributed by atoms with Crippen molar-refractivity contribution in [3.63, 3.8) is 0 Å². The van der Waals surface area contributed by atoms with E-state index >= 15 is 0 Å². The summed E-state index contributed by atoms with van der Waals surface area (Å²) in [6.07, 6.45) is 9.44. The minimum atomic E-state index is 0.507. The zero-order valence-electron chi connectivity index (χ0n) is 15.0. The van der Waals surface area contributed by atoms with Gasteiger partial charge in [-0.2, -0.15) is 0 Å². The Morgan fingerprint density at radius 3 is 2.36 bits per heavy atom. The first-order valence-corrected chi connectivity index (χ1v) is 10.2. The molecular weight excluding hydrogens is 330 g/mol. The van der Waals surface area contributed by atoms with Gasteiger partial charge in [0.25, 0.3) is 0 Å². The van der Waals surface area contributed by atoms with Gasteiger partial charge < -0.3 is 15.4 Å². The molecule has 25 heavy (non-hydrogen) atoms. The van der Waals surface area contributed by atoms with Gasteiger partial charge in [0.15, 0.2) is 5.11 Å². The highest BCUT2D eigenvalue weighted by atomic mass is 32.1. The second-order valence-corrected chi connectivity index (χ2v) is 8.05. The van der Waals surface area contributed by atoms with Crippen LogP contribution in [0.15, 0.2) is 24.3 Å². The molecule has 1 aliphatic carbocycles. The molecule has 2 aliphatic heterocycles. The molecular formula is C20H29N3OS. The number of nitrogens with one attached hydrogen (secondary N) is 2. The average molecular weight is 360 g/mol. The minimum Gasteiger partial charge on any atom is -0.494 e. The summed E-state index contributed by atoms with van der Waals surface area (Å²) in [6.45, 7) is 2.68. The molecule has 0 spiro atoms. The van der Waals surface area contributed by atoms with Crippen LogP contribution >= 0.6 is 12.2 Å². The fourth-order valence-corrected chi connectivity index (χ4v) is 4.94. The number of hydrogen-bond acceptors (Lipinski definition) is 3. The van der Waals surface area contributed by atoms with E-state index in [-0.39, 0.29) is 0 Å². The molecule has 2 N–H and O–H groups in total. The van der Waals surface area contributed by atoms with Gasteiger partial charge in [0.05, 0.1) is 6.61 Å². The van der Waals surface area contributed by atoms with Crippen molar-refractivity contribution in [1.82, 2.24) is 10.2 Å². The van der Waals surface area contributed by atoms with Crippen LogP contribution in [0.5, 0.6) is 5.75 Å². The van der Waals surface area contributed by atoms with Crippen LogP contribution in [-0.4, -0.2) is 40.8 Å². The van der Waals surface area contributed by atoms with E-state index in [0.29, 0.717) is 12.6 Å². The Bertz CT molecular complexity index is 587. The molecule has 2 bridgehead atoms. The van der Waals surface area contributed by atoms with Crippen LogP contribution in [0.4, 0.5) is 5.69 Å². The van der Waals surface area contributed by atoms with E-state index in [9.17, 15) is 0 Å². The van der Waals surface area contributed by atoms with Crippen LogP contribution < -0.4 is 15.4 Å². The molecule has 3 fully saturated rings. The molecule has 4 nitrogen and oxygen atoms in total. The van der Waals surface area contributed by atoms with Crippen LogP contribution in [0.25, 0.3) is 0 Å². The third-order valence-electron chi connectivity index (χ3n) is 5.76. The van der Waals surface area contributed by atoms with Crippen molar-refractivity contribution >= 4 is 23.0 Å². The summed E-state index contributed by atoms with van der Waals surface area (Å²) in [5.41, 5.74) is 1.01. The van der Waals surface area contributed by atoms with Crippen molar-refractivity contribution in [1.29, 1.82) is 0 Å². The topological polar surface area (TPSA) is 36.5 Å². The lowest BCUT2D eigenvalue weighted by Gasteiger charge is -2.49. The van der Waals surface area contributed by atoms with Crippen LogP contribution in [0.3, 0.4) is 0 Å². The SMILES string of the molecule is CCOc1ccc(NC(=S)NC2C[C@@H]3CCC[C@@H](C2)N3C2CC2)cc1. The number of fused-ring (bicyclic) bond motifs is 2. The zero-order valence-corrected chi connectivity index (χ0v) is 15.9. The molecule has 1 saturated carbocycles. The molecule has 0 amide bonds. The molecule has 0 radical (unpaired) electrons. The molecule has 1 aromatic carbocycles. The van der Waals surface area contributed by atoms with E-state index in [2.05, 4.69) is 15.5 Å². The summed E-state index contributed by atoms with van der Waals surface area (Å²) in [6, 6.07) is 10.9. The fraction of sp³-hybridized carbons (Fsp3) is 0.650. The molecule has 0 aromatic heterocycles. The van der Waals surface area contributed by atoms with Crippen LogP contribution in [0.1, 0.15) is 51.9 Å².